The number of hydrogen-bond donors (Lipinski definition) is 2. The van der Waals surface area contributed by atoms with Crippen molar-refractivity contribution in [2.75, 3.05) is 13.7 Å². The molecule has 0 aliphatic heterocycles. The molecule has 1 amide bonds. The Labute approximate surface area is 141 Å². The van der Waals surface area contributed by atoms with Crippen LogP contribution >= 0.6 is 11.3 Å². The van der Waals surface area contributed by atoms with Gasteiger partial charge in [0.25, 0.3) is 5.91 Å². The van der Waals surface area contributed by atoms with Gasteiger partial charge in [0.15, 0.2) is 0 Å². The van der Waals surface area contributed by atoms with E-state index in [1.54, 1.807) is 7.11 Å². The quantitative estimate of drug-likeness (QED) is 0.851. The number of aliphatic hydroxyl groups is 1. The molecule has 0 saturated heterocycles. The van der Waals surface area contributed by atoms with Crippen molar-refractivity contribution in [3.05, 3.63) is 40.1 Å². The molecule has 5 heteroatoms. The van der Waals surface area contributed by atoms with Crippen LogP contribution in [-0.4, -0.2) is 30.8 Å². The van der Waals surface area contributed by atoms with E-state index in [0.717, 1.165) is 21.8 Å². The predicted molar refractivity (Wildman–Crippen MR) is 94.2 cm³/mol. The Morgan fingerprint density at radius 3 is 2.52 bits per heavy atom. The van der Waals surface area contributed by atoms with E-state index in [4.69, 9.17) is 9.84 Å². The number of thiophene rings is 1. The van der Waals surface area contributed by atoms with Gasteiger partial charge in [0.2, 0.25) is 0 Å². The number of hydrogen-bond acceptors (Lipinski definition) is 4. The molecule has 0 saturated carbocycles. The summed E-state index contributed by atoms with van der Waals surface area (Å²) >= 11 is 1.48. The molecule has 1 heterocycles. The van der Waals surface area contributed by atoms with Crippen LogP contribution in [0, 0.1) is 12.8 Å². The zero-order valence-electron chi connectivity index (χ0n) is 13.9. The third-order valence-corrected chi connectivity index (χ3v) is 5.09. The van der Waals surface area contributed by atoms with Crippen LogP contribution in [0.15, 0.2) is 30.3 Å². The zero-order chi connectivity index (χ0) is 17.0. The lowest BCUT2D eigenvalue weighted by molar-refractivity contribution is 0.0920. The summed E-state index contributed by atoms with van der Waals surface area (Å²) in [6, 6.07) is 9.67. The van der Waals surface area contributed by atoms with Crippen LogP contribution in [0.25, 0.3) is 11.1 Å². The van der Waals surface area contributed by atoms with Gasteiger partial charge in [0.1, 0.15) is 5.75 Å². The summed E-state index contributed by atoms with van der Waals surface area (Å²) in [5, 5.41) is 12.1. The van der Waals surface area contributed by atoms with Gasteiger partial charge in [-0.1, -0.05) is 19.1 Å². The summed E-state index contributed by atoms with van der Waals surface area (Å²) in [6.45, 7) is 5.89. The van der Waals surface area contributed by atoms with E-state index in [1.165, 1.54) is 11.3 Å². The lowest BCUT2D eigenvalue weighted by atomic mass is 10.0. The second-order valence-corrected chi connectivity index (χ2v) is 6.99. The fourth-order valence-electron chi connectivity index (χ4n) is 2.23. The topological polar surface area (TPSA) is 58.6 Å². The van der Waals surface area contributed by atoms with Crippen LogP contribution in [0.2, 0.25) is 0 Å². The molecule has 4 nitrogen and oxygen atoms in total. The molecule has 1 aromatic carbocycles. The first-order chi connectivity index (χ1) is 11.0. The highest BCUT2D eigenvalue weighted by atomic mass is 32.1. The Morgan fingerprint density at radius 1 is 1.30 bits per heavy atom. The number of benzene rings is 1. The van der Waals surface area contributed by atoms with Crippen molar-refractivity contribution in [1.82, 2.24) is 5.32 Å². The molecule has 2 atom stereocenters. The maximum Gasteiger partial charge on any atom is 0.261 e. The molecule has 0 fully saturated rings. The molecule has 0 aliphatic rings. The van der Waals surface area contributed by atoms with Gasteiger partial charge in [-0.15, -0.1) is 11.3 Å². The summed E-state index contributed by atoms with van der Waals surface area (Å²) in [4.78, 5) is 14.2. The number of amides is 1. The van der Waals surface area contributed by atoms with Crippen molar-refractivity contribution in [3.8, 4) is 16.9 Å². The fraction of sp³-hybridized carbons (Fsp3) is 0.389. The van der Waals surface area contributed by atoms with E-state index in [0.29, 0.717) is 4.88 Å². The van der Waals surface area contributed by atoms with E-state index in [2.05, 4.69) is 5.32 Å². The third kappa shape index (κ3) is 4.12. The smallest absolute Gasteiger partial charge is 0.261 e. The monoisotopic (exact) mass is 333 g/mol. The maximum atomic E-state index is 12.4. The van der Waals surface area contributed by atoms with Crippen LogP contribution < -0.4 is 10.1 Å². The normalized spacial score (nSPS) is 13.4. The lowest BCUT2D eigenvalue weighted by Gasteiger charge is -2.18. The van der Waals surface area contributed by atoms with Crippen molar-refractivity contribution in [3.63, 3.8) is 0 Å². The van der Waals surface area contributed by atoms with Crippen LogP contribution in [0.1, 0.15) is 28.4 Å². The van der Waals surface area contributed by atoms with E-state index in [9.17, 15) is 4.79 Å². The maximum absolute atomic E-state index is 12.4. The SMILES string of the molecule is COc1ccc(-c2cc(C(=O)NC(C)C(C)CO)sc2C)cc1. The van der Waals surface area contributed by atoms with Gasteiger partial charge in [-0.05, 0) is 49.1 Å². The number of aryl methyl sites for hydroxylation is 1. The number of rotatable bonds is 6. The van der Waals surface area contributed by atoms with E-state index < -0.39 is 0 Å². The standard InChI is InChI=1S/C18H23NO3S/c1-11(10-20)12(2)19-18(21)17-9-16(13(3)23-17)14-5-7-15(22-4)8-6-14/h5-9,11-12,20H,10H2,1-4H3,(H,19,21). The largest absolute Gasteiger partial charge is 0.497 e. The Balaban J connectivity index is 2.18. The van der Waals surface area contributed by atoms with Crippen LogP contribution in [0.3, 0.4) is 0 Å². The number of carbonyl (C=O) groups excluding carboxylic acids is 1. The van der Waals surface area contributed by atoms with E-state index in [1.807, 2.05) is 51.1 Å². The van der Waals surface area contributed by atoms with E-state index >= 15 is 0 Å². The first kappa shape index (κ1) is 17.5. The molecule has 2 rings (SSSR count). The molecule has 0 spiro atoms. The lowest BCUT2D eigenvalue weighted by Crippen LogP contribution is -2.38. The second kappa shape index (κ2) is 7.62. The van der Waals surface area contributed by atoms with Gasteiger partial charge >= 0.3 is 0 Å². The van der Waals surface area contributed by atoms with Crippen molar-refractivity contribution < 1.29 is 14.6 Å². The van der Waals surface area contributed by atoms with Crippen molar-refractivity contribution >= 4 is 17.2 Å². The molecule has 23 heavy (non-hydrogen) atoms. The first-order valence-corrected chi connectivity index (χ1v) is 8.44. The highest BCUT2D eigenvalue weighted by Gasteiger charge is 2.18. The van der Waals surface area contributed by atoms with E-state index in [-0.39, 0.29) is 24.5 Å². The van der Waals surface area contributed by atoms with Gasteiger partial charge in [0.05, 0.1) is 12.0 Å². The van der Waals surface area contributed by atoms with Crippen molar-refractivity contribution in [2.45, 2.75) is 26.8 Å². The predicted octanol–water partition coefficient (Wildman–Crippen LogP) is 3.48. The molecule has 124 valence electrons. The molecular formula is C18H23NO3S. The van der Waals surface area contributed by atoms with Crippen LogP contribution in [0.4, 0.5) is 0 Å². The molecule has 0 radical (unpaired) electrons. The minimum Gasteiger partial charge on any atom is -0.497 e. The van der Waals surface area contributed by atoms with Crippen molar-refractivity contribution in [1.29, 1.82) is 0 Å². The van der Waals surface area contributed by atoms with Crippen LogP contribution in [-0.2, 0) is 0 Å². The van der Waals surface area contributed by atoms with Gasteiger partial charge in [0, 0.05) is 17.5 Å². The zero-order valence-corrected chi connectivity index (χ0v) is 14.7. The summed E-state index contributed by atoms with van der Waals surface area (Å²) < 4.78 is 5.17. The summed E-state index contributed by atoms with van der Waals surface area (Å²) in [5.74, 6) is 0.748. The van der Waals surface area contributed by atoms with Gasteiger partial charge < -0.3 is 15.2 Å². The van der Waals surface area contributed by atoms with Gasteiger partial charge in [-0.3, -0.25) is 4.79 Å². The Kier molecular flexibility index (Phi) is 5.80. The minimum absolute atomic E-state index is 0.0288. The minimum atomic E-state index is -0.0920. The Morgan fingerprint density at radius 2 is 1.96 bits per heavy atom. The fourth-order valence-corrected chi connectivity index (χ4v) is 3.17. The van der Waals surface area contributed by atoms with Crippen LogP contribution in [0.5, 0.6) is 5.75 Å². The number of methoxy groups -OCH3 is 1. The average molecular weight is 333 g/mol. The highest BCUT2D eigenvalue weighted by Crippen LogP contribution is 2.32. The summed E-state index contributed by atoms with van der Waals surface area (Å²) in [5.41, 5.74) is 2.13. The number of carbonyl (C=O) groups is 1. The molecule has 0 aliphatic carbocycles. The van der Waals surface area contributed by atoms with Crippen molar-refractivity contribution in [2.24, 2.45) is 5.92 Å². The molecule has 2 N–H and O–H groups in total. The number of ether oxygens (including phenoxy) is 1. The number of nitrogens with one attached hydrogen (secondary N) is 1. The van der Waals surface area contributed by atoms with Gasteiger partial charge in [-0.25, -0.2) is 0 Å². The molecule has 2 unspecified atom stereocenters. The Bertz CT molecular complexity index is 663. The summed E-state index contributed by atoms with van der Waals surface area (Å²) in [7, 11) is 1.64. The van der Waals surface area contributed by atoms with Gasteiger partial charge in [-0.2, -0.15) is 0 Å². The number of aliphatic hydroxyl groups excluding tert-OH is 1. The molecule has 1 aromatic heterocycles. The Hall–Kier alpha value is -1.85. The molecule has 2 aromatic rings. The first-order valence-electron chi connectivity index (χ1n) is 7.62. The molecule has 0 bridgehead atoms. The second-order valence-electron chi connectivity index (χ2n) is 5.73. The third-order valence-electron chi connectivity index (χ3n) is 4.04. The molecular weight excluding hydrogens is 310 g/mol. The summed E-state index contributed by atoms with van der Waals surface area (Å²) in [6.07, 6.45) is 0. The average Bonchev–Trinajstić information content (AvgIpc) is 2.96. The highest BCUT2D eigenvalue weighted by molar-refractivity contribution is 7.14.